The minimum absolute atomic E-state index is 0.461. The van der Waals surface area contributed by atoms with Crippen LogP contribution in [-0.4, -0.2) is 34.8 Å². The molecule has 1 aromatic heterocycles. The minimum atomic E-state index is 0.461. The lowest BCUT2D eigenvalue weighted by atomic mass is 10.0. The number of hydrogen-bond acceptors (Lipinski definition) is 4. The van der Waals surface area contributed by atoms with E-state index in [1.54, 1.807) is 0 Å². The molecule has 0 bridgehead atoms. The van der Waals surface area contributed by atoms with Crippen molar-refractivity contribution in [3.63, 3.8) is 0 Å². The number of nitrogens with two attached hydrogens (primary N) is 1. The van der Waals surface area contributed by atoms with E-state index >= 15 is 0 Å². The zero-order chi connectivity index (χ0) is 11.4. The molecular formula is C11H20N4O. The molecule has 16 heavy (non-hydrogen) atoms. The van der Waals surface area contributed by atoms with Crippen molar-refractivity contribution in [3.05, 3.63) is 11.4 Å². The smallest absolute Gasteiger partial charge is 0.0875 e. The summed E-state index contributed by atoms with van der Waals surface area (Å²) in [7, 11) is 0. The Morgan fingerprint density at radius 1 is 1.56 bits per heavy atom. The molecule has 1 atom stereocenters. The number of hydrogen-bond donors (Lipinski definition) is 1. The maximum Gasteiger partial charge on any atom is 0.0875 e. The first kappa shape index (κ1) is 11.5. The first-order chi connectivity index (χ1) is 7.86. The van der Waals surface area contributed by atoms with E-state index in [2.05, 4.69) is 17.2 Å². The lowest BCUT2D eigenvalue weighted by Gasteiger charge is -2.11. The molecule has 2 rings (SSSR count). The van der Waals surface area contributed by atoms with E-state index in [9.17, 15) is 0 Å². The van der Waals surface area contributed by atoms with Gasteiger partial charge in [-0.1, -0.05) is 12.1 Å². The highest BCUT2D eigenvalue weighted by Gasteiger charge is 2.25. The van der Waals surface area contributed by atoms with E-state index in [1.807, 2.05) is 4.68 Å². The highest BCUT2D eigenvalue weighted by molar-refractivity contribution is 5.17. The molecule has 0 aliphatic carbocycles. The maximum absolute atomic E-state index is 5.60. The Kier molecular flexibility index (Phi) is 3.90. The van der Waals surface area contributed by atoms with Crippen molar-refractivity contribution in [3.8, 4) is 0 Å². The van der Waals surface area contributed by atoms with Gasteiger partial charge in [-0.15, -0.1) is 5.10 Å². The lowest BCUT2D eigenvalue weighted by Crippen LogP contribution is -2.13. The molecule has 2 heterocycles. The van der Waals surface area contributed by atoms with Crippen LogP contribution in [0, 0.1) is 0 Å². The van der Waals surface area contributed by atoms with Crippen LogP contribution in [0.3, 0.4) is 0 Å². The maximum atomic E-state index is 5.60. The molecule has 2 N–H and O–H groups in total. The summed E-state index contributed by atoms with van der Waals surface area (Å²) in [4.78, 5) is 0. The van der Waals surface area contributed by atoms with Gasteiger partial charge in [0.2, 0.25) is 0 Å². The van der Waals surface area contributed by atoms with Crippen LogP contribution in [0.5, 0.6) is 0 Å². The van der Waals surface area contributed by atoms with Gasteiger partial charge >= 0.3 is 0 Å². The average molecular weight is 224 g/mol. The Morgan fingerprint density at radius 3 is 3.06 bits per heavy atom. The average Bonchev–Trinajstić information content (AvgIpc) is 2.88. The van der Waals surface area contributed by atoms with Crippen molar-refractivity contribution in [2.75, 3.05) is 19.8 Å². The van der Waals surface area contributed by atoms with Gasteiger partial charge in [-0.2, -0.15) is 0 Å². The van der Waals surface area contributed by atoms with Crippen LogP contribution in [0.15, 0.2) is 0 Å². The quantitative estimate of drug-likeness (QED) is 0.799. The van der Waals surface area contributed by atoms with Crippen molar-refractivity contribution in [1.29, 1.82) is 0 Å². The summed E-state index contributed by atoms with van der Waals surface area (Å²) in [6.07, 6.45) is 2.97. The molecule has 1 aliphatic rings. The van der Waals surface area contributed by atoms with Crippen LogP contribution in [0.2, 0.25) is 0 Å². The molecular weight excluding hydrogens is 204 g/mol. The van der Waals surface area contributed by atoms with Crippen LogP contribution in [0.4, 0.5) is 0 Å². The summed E-state index contributed by atoms with van der Waals surface area (Å²) in [6.45, 7) is 5.37. The predicted octanol–water partition coefficient (Wildman–Crippen LogP) is 0.693. The molecule has 0 spiro atoms. The summed E-state index contributed by atoms with van der Waals surface area (Å²) in [6, 6.07) is 0. The Balaban J connectivity index is 2.24. The van der Waals surface area contributed by atoms with Crippen LogP contribution >= 0.6 is 0 Å². The molecule has 0 aromatic carbocycles. The van der Waals surface area contributed by atoms with Gasteiger partial charge in [0.05, 0.1) is 18.0 Å². The number of nitrogens with zero attached hydrogens (tertiary/aromatic N) is 3. The molecule has 1 saturated heterocycles. The van der Waals surface area contributed by atoms with E-state index in [1.165, 1.54) is 5.69 Å². The van der Waals surface area contributed by atoms with Gasteiger partial charge in [-0.05, 0) is 19.4 Å². The standard InChI is InChI=1S/C11H20N4O/c1-2-6-15-11(9-4-7-16-8-9)10(3-5-12)13-14-15/h9H,2-8,12H2,1H3. The fraction of sp³-hybridized carbons (Fsp3) is 0.818. The minimum Gasteiger partial charge on any atom is -0.381 e. The van der Waals surface area contributed by atoms with Crippen LogP contribution in [-0.2, 0) is 17.7 Å². The number of rotatable bonds is 5. The van der Waals surface area contributed by atoms with E-state index in [0.29, 0.717) is 12.5 Å². The van der Waals surface area contributed by atoms with Gasteiger partial charge in [0.25, 0.3) is 0 Å². The van der Waals surface area contributed by atoms with Gasteiger partial charge < -0.3 is 10.5 Å². The third kappa shape index (κ3) is 2.25. The number of aromatic nitrogens is 3. The monoisotopic (exact) mass is 224 g/mol. The summed E-state index contributed by atoms with van der Waals surface area (Å²) < 4.78 is 7.48. The van der Waals surface area contributed by atoms with Crippen molar-refractivity contribution in [2.24, 2.45) is 5.73 Å². The van der Waals surface area contributed by atoms with Crippen LogP contribution < -0.4 is 5.73 Å². The van der Waals surface area contributed by atoms with E-state index < -0.39 is 0 Å². The molecule has 0 radical (unpaired) electrons. The molecule has 5 heteroatoms. The van der Waals surface area contributed by atoms with Crippen molar-refractivity contribution in [2.45, 2.75) is 38.6 Å². The molecule has 90 valence electrons. The van der Waals surface area contributed by atoms with E-state index in [4.69, 9.17) is 10.5 Å². The molecule has 0 amide bonds. The van der Waals surface area contributed by atoms with Crippen LogP contribution in [0.1, 0.15) is 37.1 Å². The van der Waals surface area contributed by atoms with E-state index in [0.717, 1.165) is 44.7 Å². The second-order valence-corrected chi connectivity index (χ2v) is 4.24. The molecule has 1 aliphatic heterocycles. The number of aryl methyl sites for hydroxylation is 1. The second-order valence-electron chi connectivity index (χ2n) is 4.24. The fourth-order valence-corrected chi connectivity index (χ4v) is 2.24. The summed E-state index contributed by atoms with van der Waals surface area (Å²) >= 11 is 0. The molecule has 0 saturated carbocycles. The second kappa shape index (κ2) is 5.41. The van der Waals surface area contributed by atoms with Gasteiger partial charge in [-0.25, -0.2) is 4.68 Å². The van der Waals surface area contributed by atoms with Gasteiger partial charge in [-0.3, -0.25) is 0 Å². The highest BCUT2D eigenvalue weighted by Crippen LogP contribution is 2.27. The Hall–Kier alpha value is -0.940. The van der Waals surface area contributed by atoms with Crippen molar-refractivity contribution in [1.82, 2.24) is 15.0 Å². The predicted molar refractivity (Wildman–Crippen MR) is 61.2 cm³/mol. The fourth-order valence-electron chi connectivity index (χ4n) is 2.24. The Labute approximate surface area is 96.0 Å². The van der Waals surface area contributed by atoms with Gasteiger partial charge in [0.1, 0.15) is 0 Å². The largest absolute Gasteiger partial charge is 0.381 e. The SMILES string of the molecule is CCCn1nnc(CCN)c1C1CCOC1. The van der Waals surface area contributed by atoms with Crippen molar-refractivity contribution >= 4 is 0 Å². The first-order valence-electron chi connectivity index (χ1n) is 6.06. The van der Waals surface area contributed by atoms with Crippen molar-refractivity contribution < 1.29 is 4.74 Å². The molecule has 1 unspecified atom stereocenters. The summed E-state index contributed by atoms with van der Waals surface area (Å²) in [5.41, 5.74) is 7.92. The highest BCUT2D eigenvalue weighted by atomic mass is 16.5. The third-order valence-electron chi connectivity index (χ3n) is 2.98. The summed E-state index contributed by atoms with van der Waals surface area (Å²) in [5, 5.41) is 8.47. The lowest BCUT2D eigenvalue weighted by molar-refractivity contribution is 0.193. The zero-order valence-electron chi connectivity index (χ0n) is 9.85. The van der Waals surface area contributed by atoms with Gasteiger partial charge in [0.15, 0.2) is 0 Å². The molecule has 1 fully saturated rings. The topological polar surface area (TPSA) is 66.0 Å². The Morgan fingerprint density at radius 2 is 2.44 bits per heavy atom. The van der Waals surface area contributed by atoms with E-state index in [-0.39, 0.29) is 0 Å². The van der Waals surface area contributed by atoms with Crippen LogP contribution in [0.25, 0.3) is 0 Å². The zero-order valence-corrected chi connectivity index (χ0v) is 9.85. The molecule has 1 aromatic rings. The summed E-state index contributed by atoms with van der Waals surface area (Å²) in [5.74, 6) is 0.461. The normalized spacial score (nSPS) is 20.5. The molecule has 5 nitrogen and oxygen atoms in total. The number of ether oxygens (including phenoxy) is 1. The first-order valence-corrected chi connectivity index (χ1v) is 6.06. The Bertz CT molecular complexity index is 307. The third-order valence-corrected chi connectivity index (χ3v) is 2.98. The van der Waals surface area contributed by atoms with Gasteiger partial charge in [0, 0.05) is 25.5 Å².